The van der Waals surface area contributed by atoms with Crippen molar-refractivity contribution in [3.8, 4) is 0 Å². The van der Waals surface area contributed by atoms with Crippen LogP contribution in [0.3, 0.4) is 0 Å². The molecule has 0 saturated heterocycles. The molecule has 0 heterocycles. The Morgan fingerprint density at radius 3 is 1.83 bits per heavy atom. The molecule has 0 aliphatic heterocycles. The van der Waals surface area contributed by atoms with E-state index in [9.17, 15) is 13.3 Å². The van der Waals surface area contributed by atoms with Crippen LogP contribution >= 0.6 is 7.60 Å². The smallest absolute Gasteiger partial charge is 0.325 e. The van der Waals surface area contributed by atoms with Gasteiger partial charge in [-0.05, 0) is 21.8 Å². The van der Waals surface area contributed by atoms with Gasteiger partial charge in [-0.25, -0.2) is 8.78 Å². The third-order valence-corrected chi connectivity index (χ3v) is 11.8. The lowest BCUT2D eigenvalue weighted by Crippen LogP contribution is -2.66. The van der Waals surface area contributed by atoms with Crippen molar-refractivity contribution in [3.63, 3.8) is 0 Å². The summed E-state index contributed by atoms with van der Waals surface area (Å²) in [5.74, 6) is -5.03. The normalized spacial score (nSPS) is 21.4. The first-order valence-electron chi connectivity index (χ1n) is 10.1. The first kappa shape index (κ1) is 23.3. The zero-order valence-electron chi connectivity index (χ0n) is 17.5. The second kappa shape index (κ2) is 8.28. The van der Waals surface area contributed by atoms with E-state index in [1.54, 1.807) is 0 Å². The van der Waals surface area contributed by atoms with E-state index in [1.807, 2.05) is 60.7 Å². The van der Waals surface area contributed by atoms with Crippen LogP contribution in [0.1, 0.15) is 27.2 Å². The molecule has 2 aromatic rings. The number of halogens is 2. The van der Waals surface area contributed by atoms with E-state index >= 15 is 0 Å². The van der Waals surface area contributed by atoms with Gasteiger partial charge in [0.1, 0.15) is 0 Å². The first-order chi connectivity index (χ1) is 13.9. The quantitative estimate of drug-likeness (QED) is 0.467. The number of hydrogen-bond acceptors (Lipinski definition) is 2. The maximum Gasteiger partial charge on any atom is 0.325 e. The third-order valence-electron chi connectivity index (χ3n) is 5.99. The molecule has 0 radical (unpaired) electrons. The fraction of sp³-hybridized carbons (Fsp3) is 0.455. The fourth-order valence-electron chi connectivity index (χ4n) is 4.37. The summed E-state index contributed by atoms with van der Waals surface area (Å²) in [4.78, 5) is 18.1. The van der Waals surface area contributed by atoms with Crippen molar-refractivity contribution < 1.29 is 27.6 Å². The van der Waals surface area contributed by atoms with Crippen molar-refractivity contribution in [3.05, 3.63) is 60.7 Å². The molecule has 0 aromatic heterocycles. The van der Waals surface area contributed by atoms with Crippen molar-refractivity contribution in [2.45, 2.75) is 38.2 Å². The topological polar surface area (TPSA) is 66.8 Å². The molecule has 2 aromatic carbocycles. The van der Waals surface area contributed by atoms with Gasteiger partial charge >= 0.3 is 7.60 Å². The maximum atomic E-state index is 14.4. The standard InChI is InChI=1S/C22H29F2O4PSi/c1-21(2,3)30(17-10-6-4-7-11-17,18-12-8-5-9-13-18)28-16-20-19(22(20,23)24)14-15-29(25,26)27/h4-13,19-20H,14-16H2,1-3H3,(H2,25,26,27)/t19-,20+/m1/s1. The highest BCUT2D eigenvalue weighted by Crippen LogP contribution is 2.59. The third kappa shape index (κ3) is 4.60. The van der Waals surface area contributed by atoms with Crippen LogP contribution < -0.4 is 10.4 Å². The number of alkyl halides is 2. The van der Waals surface area contributed by atoms with E-state index < -0.39 is 39.8 Å². The number of rotatable bonds is 8. The monoisotopic (exact) mass is 454 g/mol. The fourth-order valence-corrected chi connectivity index (χ4v) is 9.56. The summed E-state index contributed by atoms with van der Waals surface area (Å²) < 4.78 is 46.5. The largest absolute Gasteiger partial charge is 0.407 e. The van der Waals surface area contributed by atoms with Gasteiger partial charge in [0.15, 0.2) is 0 Å². The Morgan fingerprint density at radius 1 is 0.967 bits per heavy atom. The molecule has 0 bridgehead atoms. The Bertz CT molecular complexity index is 857. The molecule has 4 nitrogen and oxygen atoms in total. The van der Waals surface area contributed by atoms with Gasteiger partial charge in [-0.3, -0.25) is 4.57 Å². The van der Waals surface area contributed by atoms with Crippen molar-refractivity contribution in [1.29, 1.82) is 0 Å². The zero-order valence-corrected chi connectivity index (χ0v) is 19.4. The second-order valence-corrected chi connectivity index (χ2v) is 15.1. The van der Waals surface area contributed by atoms with E-state index in [-0.39, 0.29) is 18.1 Å². The predicted molar refractivity (Wildman–Crippen MR) is 117 cm³/mol. The molecule has 2 atom stereocenters. The lowest BCUT2D eigenvalue weighted by molar-refractivity contribution is 0.0732. The summed E-state index contributed by atoms with van der Waals surface area (Å²) in [6.07, 6.45) is -0.727. The van der Waals surface area contributed by atoms with Crippen LogP contribution in [0.15, 0.2) is 60.7 Å². The zero-order chi connectivity index (χ0) is 22.2. The molecule has 3 rings (SSSR count). The predicted octanol–water partition coefficient (Wildman–Crippen LogP) is 4.01. The molecule has 1 fully saturated rings. The summed E-state index contributed by atoms with van der Waals surface area (Å²) in [7, 11) is -7.21. The van der Waals surface area contributed by atoms with E-state index in [1.165, 1.54) is 0 Å². The average molecular weight is 455 g/mol. The molecule has 0 amide bonds. The Hall–Kier alpha value is -1.37. The number of hydrogen-bond donors (Lipinski definition) is 2. The highest BCUT2D eigenvalue weighted by Gasteiger charge is 2.68. The number of benzene rings is 2. The van der Waals surface area contributed by atoms with Gasteiger partial charge in [0.05, 0.1) is 12.1 Å². The molecule has 8 heteroatoms. The highest BCUT2D eigenvalue weighted by atomic mass is 31.2. The van der Waals surface area contributed by atoms with Crippen molar-refractivity contribution in [1.82, 2.24) is 0 Å². The van der Waals surface area contributed by atoms with E-state index in [0.717, 1.165) is 10.4 Å². The van der Waals surface area contributed by atoms with Crippen molar-refractivity contribution >= 4 is 26.3 Å². The summed E-state index contributed by atoms with van der Waals surface area (Å²) in [5, 5.41) is 1.71. The Labute approximate surface area is 177 Å². The maximum absolute atomic E-state index is 14.4. The average Bonchev–Trinajstić information content (AvgIpc) is 3.20. The molecule has 30 heavy (non-hydrogen) atoms. The summed E-state index contributed by atoms with van der Waals surface area (Å²) in [6, 6.07) is 19.6. The van der Waals surface area contributed by atoms with Crippen LogP contribution in [0.5, 0.6) is 0 Å². The van der Waals surface area contributed by atoms with Crippen molar-refractivity contribution in [2.24, 2.45) is 11.8 Å². The Kier molecular flexibility index (Phi) is 6.43. The van der Waals surface area contributed by atoms with E-state index in [4.69, 9.17) is 14.2 Å². The van der Waals surface area contributed by atoms with Gasteiger partial charge in [-0.15, -0.1) is 0 Å². The van der Waals surface area contributed by atoms with Crippen LogP contribution in [0.25, 0.3) is 0 Å². The molecule has 1 aliphatic rings. The van der Waals surface area contributed by atoms with Crippen LogP contribution in [0.2, 0.25) is 5.04 Å². The van der Waals surface area contributed by atoms with Gasteiger partial charge < -0.3 is 14.2 Å². The molecular formula is C22H29F2O4PSi. The van der Waals surface area contributed by atoms with Gasteiger partial charge in [-0.2, -0.15) is 0 Å². The van der Waals surface area contributed by atoms with Crippen LogP contribution in [-0.2, 0) is 8.99 Å². The molecule has 1 aliphatic carbocycles. The summed E-state index contributed by atoms with van der Waals surface area (Å²) in [5.41, 5.74) is 0. The van der Waals surface area contributed by atoms with Crippen LogP contribution in [0, 0.1) is 11.8 Å². The molecular weight excluding hydrogens is 425 g/mol. The van der Waals surface area contributed by atoms with E-state index in [0.29, 0.717) is 0 Å². The highest BCUT2D eigenvalue weighted by molar-refractivity contribution is 7.51. The Morgan fingerprint density at radius 2 is 1.43 bits per heavy atom. The summed E-state index contributed by atoms with van der Waals surface area (Å²) >= 11 is 0. The molecule has 0 spiro atoms. The first-order valence-corrected chi connectivity index (χ1v) is 13.8. The molecule has 164 valence electrons. The lowest BCUT2D eigenvalue weighted by Gasteiger charge is -2.43. The minimum absolute atomic E-state index is 0.133. The summed E-state index contributed by atoms with van der Waals surface area (Å²) in [6.45, 7) is 6.10. The van der Waals surface area contributed by atoms with Crippen LogP contribution in [-0.4, -0.2) is 36.8 Å². The van der Waals surface area contributed by atoms with E-state index in [2.05, 4.69) is 20.8 Å². The lowest BCUT2D eigenvalue weighted by atomic mass is 10.2. The van der Waals surface area contributed by atoms with Crippen molar-refractivity contribution in [2.75, 3.05) is 12.8 Å². The second-order valence-electron chi connectivity index (χ2n) is 9.04. The Balaban J connectivity index is 1.92. The molecule has 2 N–H and O–H groups in total. The molecule has 0 unspecified atom stereocenters. The minimum Gasteiger partial charge on any atom is -0.407 e. The molecule has 1 saturated carbocycles. The van der Waals surface area contributed by atoms with Gasteiger partial charge in [0, 0.05) is 12.5 Å². The SMILES string of the molecule is CC(C)(C)[Si](OC[C@H]1[C@@H](CCP(=O)(O)O)C1(F)F)(c1ccccc1)c1ccccc1. The van der Waals surface area contributed by atoms with Crippen LogP contribution in [0.4, 0.5) is 8.78 Å². The van der Waals surface area contributed by atoms with Gasteiger partial charge in [0.2, 0.25) is 0 Å². The minimum atomic E-state index is -4.30. The van der Waals surface area contributed by atoms with Gasteiger partial charge in [0.25, 0.3) is 14.2 Å². The van der Waals surface area contributed by atoms with Gasteiger partial charge in [-0.1, -0.05) is 81.4 Å².